The number of carbonyl (C=O) groups excluding carboxylic acids is 1. The van der Waals surface area contributed by atoms with E-state index in [2.05, 4.69) is 13.5 Å². The molecule has 0 amide bonds. The largest absolute Gasteiger partial charge is 0.462 e. The van der Waals surface area contributed by atoms with Gasteiger partial charge >= 0.3 is 5.97 Å². The Hall–Kier alpha value is -0.880. The number of carbonyl (C=O) groups is 1. The molecule has 6 heteroatoms. The molecule has 1 N–H and O–H groups in total. The molecule has 0 aliphatic heterocycles. The van der Waals surface area contributed by atoms with Gasteiger partial charge in [0.1, 0.15) is 0 Å². The molecular weight excluding hydrogens is 220 g/mol. The summed E-state index contributed by atoms with van der Waals surface area (Å²) in [4.78, 5) is 10.9. The van der Waals surface area contributed by atoms with Crippen molar-refractivity contribution in [3.05, 3.63) is 19.1 Å². The van der Waals surface area contributed by atoms with Crippen molar-refractivity contribution in [2.24, 2.45) is 0 Å². The van der Waals surface area contributed by atoms with Crippen molar-refractivity contribution in [2.75, 3.05) is 6.61 Å². The third kappa shape index (κ3) is 6.24. The van der Waals surface area contributed by atoms with E-state index in [4.69, 9.17) is 9.29 Å². The molecule has 1 unspecified atom stereocenters. The normalized spacial score (nSPS) is 13.3. The van der Waals surface area contributed by atoms with Gasteiger partial charge < -0.3 is 4.74 Å². The van der Waals surface area contributed by atoms with Crippen LogP contribution in [0.2, 0.25) is 0 Å². The smallest absolute Gasteiger partial charge is 0.333 e. The van der Waals surface area contributed by atoms with Crippen molar-refractivity contribution in [3.63, 3.8) is 0 Å². The quantitative estimate of drug-likeness (QED) is 0.321. The van der Waals surface area contributed by atoms with Crippen molar-refractivity contribution in [1.29, 1.82) is 0 Å². The molecule has 0 rings (SSSR count). The van der Waals surface area contributed by atoms with Crippen LogP contribution in [0.25, 0.3) is 0 Å². The Bertz CT molecular complexity index is 330. The zero-order valence-electron chi connectivity index (χ0n) is 8.60. The molecule has 1 atom stereocenters. The molecule has 0 aliphatic rings. The first-order valence-corrected chi connectivity index (χ1v) is 5.87. The van der Waals surface area contributed by atoms with Gasteiger partial charge in [-0.2, -0.15) is 8.42 Å². The van der Waals surface area contributed by atoms with Crippen LogP contribution in [0.4, 0.5) is 0 Å². The fourth-order valence-corrected chi connectivity index (χ4v) is 1.21. The maximum Gasteiger partial charge on any atom is 0.333 e. The molecule has 87 valence electrons. The van der Waals surface area contributed by atoms with Gasteiger partial charge in [-0.3, -0.25) is 4.55 Å². The first kappa shape index (κ1) is 14.1. The number of hydrogen-bond donors (Lipinski definition) is 1. The second-order valence-electron chi connectivity index (χ2n) is 3.20. The van der Waals surface area contributed by atoms with Crippen molar-refractivity contribution >= 4 is 16.1 Å². The van der Waals surface area contributed by atoms with Crippen LogP contribution in [0.3, 0.4) is 0 Å². The highest BCUT2D eigenvalue weighted by Gasteiger charge is 2.16. The number of ether oxygens (including phenoxy) is 1. The number of esters is 1. The van der Waals surface area contributed by atoms with E-state index in [1.165, 1.54) is 6.92 Å². The summed E-state index contributed by atoms with van der Waals surface area (Å²) in [5, 5.41) is -1.08. The van der Waals surface area contributed by atoms with Crippen LogP contribution in [-0.2, 0) is 19.6 Å². The first-order chi connectivity index (χ1) is 6.75. The van der Waals surface area contributed by atoms with E-state index < -0.39 is 21.3 Å². The lowest BCUT2D eigenvalue weighted by atomic mass is 10.2. The highest BCUT2D eigenvalue weighted by atomic mass is 32.2. The molecule has 0 aliphatic carbocycles. The zero-order valence-corrected chi connectivity index (χ0v) is 9.42. The fourth-order valence-electron chi connectivity index (χ4n) is 0.748. The summed E-state index contributed by atoms with van der Waals surface area (Å²) in [6, 6.07) is 0. The minimum atomic E-state index is -4.09. The van der Waals surface area contributed by atoms with E-state index in [1.807, 2.05) is 0 Å². The average molecular weight is 235 g/mol. The summed E-state index contributed by atoms with van der Waals surface area (Å²) in [5.41, 5.74) is 0.288. The third-order valence-corrected chi connectivity index (χ3v) is 2.75. The Morgan fingerprint density at radius 1 is 1.53 bits per heavy atom. The van der Waals surface area contributed by atoms with Gasteiger partial charge in [0.2, 0.25) is 0 Å². The van der Waals surface area contributed by atoms with Crippen molar-refractivity contribution in [1.82, 2.24) is 0 Å². The number of hydrogen-bond acceptors (Lipinski definition) is 4. The molecule has 0 aromatic rings. The highest BCUT2D eigenvalue weighted by molar-refractivity contribution is 7.86. The van der Waals surface area contributed by atoms with Gasteiger partial charge in [-0.25, -0.2) is 4.79 Å². The molecule has 0 saturated carbocycles. The molecular formula is C9H15O5S. The van der Waals surface area contributed by atoms with E-state index in [0.29, 0.717) is 6.42 Å². The summed E-state index contributed by atoms with van der Waals surface area (Å²) in [6.45, 7) is 8.26. The molecule has 0 aromatic heterocycles. The Labute approximate surface area is 89.9 Å². The monoisotopic (exact) mass is 235 g/mol. The first-order valence-electron chi connectivity index (χ1n) is 4.37. The van der Waals surface area contributed by atoms with Gasteiger partial charge in [0.15, 0.2) is 0 Å². The molecule has 0 aromatic carbocycles. The summed E-state index contributed by atoms with van der Waals surface area (Å²) in [6.07, 6.45) is 0.468. The standard InChI is InChI=1S/C9H15O5S/c1-7(2)9(10)14-6-4-5-8(3)15(11,12)13/h8H,1,3-6H2,2H3,(H,11,12,13). The molecule has 0 heterocycles. The summed E-state index contributed by atoms with van der Waals surface area (Å²) < 4.78 is 34.4. The Morgan fingerprint density at radius 3 is 2.47 bits per heavy atom. The Balaban J connectivity index is 3.74. The van der Waals surface area contributed by atoms with Crippen LogP contribution >= 0.6 is 0 Å². The van der Waals surface area contributed by atoms with Gasteiger partial charge in [0.05, 0.1) is 11.9 Å². The lowest BCUT2D eigenvalue weighted by molar-refractivity contribution is -0.139. The van der Waals surface area contributed by atoms with Crippen LogP contribution < -0.4 is 0 Å². The van der Waals surface area contributed by atoms with Crippen LogP contribution in [0.5, 0.6) is 0 Å². The van der Waals surface area contributed by atoms with Crippen molar-refractivity contribution in [2.45, 2.75) is 25.0 Å². The molecule has 0 spiro atoms. The van der Waals surface area contributed by atoms with Gasteiger partial charge in [0.25, 0.3) is 10.1 Å². The van der Waals surface area contributed by atoms with E-state index >= 15 is 0 Å². The highest BCUT2D eigenvalue weighted by Crippen LogP contribution is 2.06. The molecule has 15 heavy (non-hydrogen) atoms. The maximum atomic E-state index is 10.9. The topological polar surface area (TPSA) is 80.7 Å². The van der Waals surface area contributed by atoms with Gasteiger partial charge in [-0.05, 0) is 26.7 Å². The van der Waals surface area contributed by atoms with Crippen molar-refractivity contribution < 1.29 is 22.5 Å². The predicted molar refractivity (Wildman–Crippen MR) is 55.7 cm³/mol. The molecule has 5 nitrogen and oxygen atoms in total. The Morgan fingerprint density at radius 2 is 2.07 bits per heavy atom. The lowest BCUT2D eigenvalue weighted by Crippen LogP contribution is -2.17. The molecule has 0 saturated heterocycles. The molecule has 0 bridgehead atoms. The second-order valence-corrected chi connectivity index (χ2v) is 4.89. The second kappa shape index (κ2) is 5.87. The van der Waals surface area contributed by atoms with E-state index in [0.717, 1.165) is 0 Å². The number of rotatable bonds is 6. The third-order valence-electron chi connectivity index (χ3n) is 1.67. The van der Waals surface area contributed by atoms with Gasteiger partial charge in [-0.1, -0.05) is 6.58 Å². The fraction of sp³-hybridized carbons (Fsp3) is 0.556. The minimum absolute atomic E-state index is 0.0905. The van der Waals surface area contributed by atoms with E-state index in [-0.39, 0.29) is 18.6 Å². The molecule has 1 radical (unpaired) electrons. The van der Waals surface area contributed by atoms with E-state index in [9.17, 15) is 13.2 Å². The van der Waals surface area contributed by atoms with E-state index in [1.54, 1.807) is 0 Å². The van der Waals surface area contributed by atoms with Crippen LogP contribution in [0.15, 0.2) is 12.2 Å². The summed E-state index contributed by atoms with van der Waals surface area (Å²) in [7, 11) is -4.09. The Kier molecular flexibility index (Phi) is 5.53. The summed E-state index contributed by atoms with van der Waals surface area (Å²) >= 11 is 0. The SMILES string of the molecule is [CH2]C(CCCOC(=O)C(=C)C)S(=O)(=O)O. The zero-order chi connectivity index (χ0) is 12.1. The van der Waals surface area contributed by atoms with Gasteiger partial charge in [0, 0.05) is 5.57 Å². The van der Waals surface area contributed by atoms with Crippen LogP contribution in [0.1, 0.15) is 19.8 Å². The predicted octanol–water partition coefficient (Wildman–Crippen LogP) is 0.976. The van der Waals surface area contributed by atoms with Crippen LogP contribution in [0, 0.1) is 6.92 Å². The average Bonchev–Trinajstić information content (AvgIpc) is 2.09. The minimum Gasteiger partial charge on any atom is -0.462 e. The summed E-state index contributed by atoms with van der Waals surface area (Å²) in [5.74, 6) is -0.512. The van der Waals surface area contributed by atoms with Crippen molar-refractivity contribution in [3.8, 4) is 0 Å². The van der Waals surface area contributed by atoms with Gasteiger partial charge in [-0.15, -0.1) is 0 Å². The van der Waals surface area contributed by atoms with Crippen LogP contribution in [-0.4, -0.2) is 30.8 Å². The molecule has 0 fully saturated rings. The lowest BCUT2D eigenvalue weighted by Gasteiger charge is -2.07. The maximum absolute atomic E-state index is 10.9.